The predicted molar refractivity (Wildman–Crippen MR) is 108 cm³/mol. The van der Waals surface area contributed by atoms with E-state index in [1.165, 1.54) is 0 Å². The van der Waals surface area contributed by atoms with Gasteiger partial charge in [0.15, 0.2) is 0 Å². The van der Waals surface area contributed by atoms with Crippen molar-refractivity contribution in [2.24, 2.45) is 11.7 Å². The zero-order chi connectivity index (χ0) is 20.5. The largest absolute Gasteiger partial charge is 0.489 e. The van der Waals surface area contributed by atoms with E-state index < -0.39 is 24.0 Å². The highest BCUT2D eigenvalue weighted by Crippen LogP contribution is 2.17. The monoisotopic (exact) mass is 384 g/mol. The minimum atomic E-state index is -1.16. The van der Waals surface area contributed by atoms with Crippen LogP contribution in [0.2, 0.25) is 0 Å². The molecule has 0 aliphatic rings. The summed E-state index contributed by atoms with van der Waals surface area (Å²) in [5.41, 5.74) is 7.29. The molecule has 2 rings (SSSR count). The van der Waals surface area contributed by atoms with Crippen molar-refractivity contribution in [2.75, 3.05) is 0 Å². The second-order valence-electron chi connectivity index (χ2n) is 7.23. The second-order valence-corrected chi connectivity index (χ2v) is 7.23. The smallest absolute Gasteiger partial charge is 0.249 e. The summed E-state index contributed by atoms with van der Waals surface area (Å²) < 4.78 is 5.79. The molecule has 4 N–H and O–H groups in total. The minimum Gasteiger partial charge on any atom is -0.489 e. The maximum atomic E-state index is 12.1. The van der Waals surface area contributed by atoms with Crippen LogP contribution < -0.4 is 15.8 Å². The molecule has 0 spiro atoms. The molecule has 0 fully saturated rings. The normalized spacial score (nSPS) is 13.0. The minimum absolute atomic E-state index is 0.159. The summed E-state index contributed by atoms with van der Waals surface area (Å²) in [6.07, 6.45) is -0.625. The summed E-state index contributed by atoms with van der Waals surface area (Å²) in [6.45, 7) is 4.24. The van der Waals surface area contributed by atoms with Gasteiger partial charge in [-0.05, 0) is 35.6 Å². The Balaban J connectivity index is 1.98. The third-order valence-corrected chi connectivity index (χ3v) is 4.24. The van der Waals surface area contributed by atoms with Gasteiger partial charge in [-0.2, -0.15) is 0 Å². The van der Waals surface area contributed by atoms with Crippen molar-refractivity contribution in [3.8, 4) is 5.75 Å². The number of hydrogen-bond donors (Lipinski definition) is 3. The lowest BCUT2D eigenvalue weighted by Crippen LogP contribution is -2.49. The summed E-state index contributed by atoms with van der Waals surface area (Å²) in [6, 6.07) is 16.2. The van der Waals surface area contributed by atoms with Crippen molar-refractivity contribution in [1.82, 2.24) is 5.32 Å². The van der Waals surface area contributed by atoms with Crippen LogP contribution in [-0.4, -0.2) is 29.1 Å². The summed E-state index contributed by atoms with van der Waals surface area (Å²) in [5, 5.41) is 12.5. The highest BCUT2D eigenvalue weighted by molar-refractivity contribution is 5.88. The van der Waals surface area contributed by atoms with Crippen LogP contribution in [0.4, 0.5) is 0 Å². The number of rotatable bonds is 10. The van der Waals surface area contributed by atoms with E-state index >= 15 is 0 Å². The van der Waals surface area contributed by atoms with E-state index in [9.17, 15) is 14.7 Å². The van der Waals surface area contributed by atoms with Gasteiger partial charge < -0.3 is 20.9 Å². The first-order valence-electron chi connectivity index (χ1n) is 9.38. The average Bonchev–Trinajstić information content (AvgIpc) is 2.66. The van der Waals surface area contributed by atoms with Gasteiger partial charge in [-0.15, -0.1) is 0 Å². The molecule has 2 aromatic carbocycles. The molecule has 0 aromatic heterocycles. The third-order valence-electron chi connectivity index (χ3n) is 4.24. The quantitative estimate of drug-likeness (QED) is 0.584. The Labute approximate surface area is 165 Å². The molecule has 28 heavy (non-hydrogen) atoms. The van der Waals surface area contributed by atoms with Crippen LogP contribution in [0, 0.1) is 5.92 Å². The van der Waals surface area contributed by atoms with Crippen LogP contribution in [0.5, 0.6) is 5.75 Å². The van der Waals surface area contributed by atoms with Gasteiger partial charge in [0.05, 0.1) is 0 Å². The highest BCUT2D eigenvalue weighted by atomic mass is 16.5. The topological polar surface area (TPSA) is 102 Å². The van der Waals surface area contributed by atoms with Crippen molar-refractivity contribution in [2.45, 2.75) is 45.4 Å². The van der Waals surface area contributed by atoms with Crippen LogP contribution in [-0.2, 0) is 22.6 Å². The summed E-state index contributed by atoms with van der Waals surface area (Å²) in [4.78, 5) is 23.9. The van der Waals surface area contributed by atoms with Crippen molar-refractivity contribution in [1.29, 1.82) is 0 Å². The lowest BCUT2D eigenvalue weighted by atomic mass is 10.0. The zero-order valence-electron chi connectivity index (χ0n) is 16.3. The molecule has 2 atom stereocenters. The Bertz CT molecular complexity index is 777. The number of benzene rings is 2. The van der Waals surface area contributed by atoms with Gasteiger partial charge in [0.25, 0.3) is 0 Å². The molecule has 0 bridgehead atoms. The van der Waals surface area contributed by atoms with Crippen molar-refractivity contribution in [3.05, 3.63) is 65.7 Å². The average molecular weight is 384 g/mol. The number of nitrogens with two attached hydrogens (primary N) is 1. The SMILES string of the molecule is CC(C)C[C@H](O)C(=O)N[C@H](Cc1cccc(OCc2ccccc2)c1)C(N)=O. The second kappa shape index (κ2) is 10.5. The van der Waals surface area contributed by atoms with Gasteiger partial charge >= 0.3 is 0 Å². The van der Waals surface area contributed by atoms with E-state index in [4.69, 9.17) is 10.5 Å². The number of carbonyl (C=O) groups excluding carboxylic acids is 2. The fourth-order valence-corrected chi connectivity index (χ4v) is 2.78. The maximum absolute atomic E-state index is 12.1. The van der Waals surface area contributed by atoms with Crippen molar-refractivity contribution >= 4 is 11.8 Å². The van der Waals surface area contributed by atoms with Gasteiger partial charge in [0.2, 0.25) is 11.8 Å². The van der Waals surface area contributed by atoms with Crippen LogP contribution in [0.15, 0.2) is 54.6 Å². The molecule has 2 amide bonds. The molecular weight excluding hydrogens is 356 g/mol. The molecule has 2 aromatic rings. The van der Waals surface area contributed by atoms with Gasteiger partial charge in [-0.1, -0.05) is 56.3 Å². The number of primary amides is 1. The molecule has 0 saturated carbocycles. The molecule has 0 unspecified atom stereocenters. The lowest BCUT2D eigenvalue weighted by Gasteiger charge is -2.19. The van der Waals surface area contributed by atoms with Crippen LogP contribution in [0.25, 0.3) is 0 Å². The van der Waals surface area contributed by atoms with E-state index in [0.717, 1.165) is 11.1 Å². The number of amides is 2. The van der Waals surface area contributed by atoms with Crippen LogP contribution in [0.3, 0.4) is 0 Å². The first kappa shape index (κ1) is 21.4. The maximum Gasteiger partial charge on any atom is 0.249 e. The summed E-state index contributed by atoms with van der Waals surface area (Å²) in [5.74, 6) is -0.420. The van der Waals surface area contributed by atoms with Gasteiger partial charge in [0, 0.05) is 6.42 Å². The Morgan fingerprint density at radius 2 is 1.75 bits per heavy atom. The molecule has 0 aliphatic carbocycles. The Kier molecular flexibility index (Phi) is 8.02. The van der Waals surface area contributed by atoms with Crippen molar-refractivity contribution in [3.63, 3.8) is 0 Å². The fraction of sp³-hybridized carbons (Fsp3) is 0.364. The van der Waals surface area contributed by atoms with Gasteiger partial charge in [-0.25, -0.2) is 0 Å². The Hall–Kier alpha value is -2.86. The van der Waals surface area contributed by atoms with E-state index in [1.54, 1.807) is 0 Å². The lowest BCUT2D eigenvalue weighted by molar-refractivity contribution is -0.133. The predicted octanol–water partition coefficient (Wildman–Crippen LogP) is 2.19. The molecule has 0 saturated heterocycles. The van der Waals surface area contributed by atoms with E-state index in [2.05, 4.69) is 5.32 Å². The van der Waals surface area contributed by atoms with Gasteiger partial charge in [-0.3, -0.25) is 9.59 Å². The standard InChI is InChI=1S/C22H28N2O4/c1-15(2)11-20(25)22(27)24-19(21(23)26)13-17-9-6-10-18(12-17)28-14-16-7-4-3-5-8-16/h3-10,12,15,19-20,25H,11,13-14H2,1-2H3,(H2,23,26)(H,24,27)/t19-,20+/m1/s1. The van der Waals surface area contributed by atoms with Crippen LogP contribution >= 0.6 is 0 Å². The Morgan fingerprint density at radius 3 is 2.39 bits per heavy atom. The first-order valence-corrected chi connectivity index (χ1v) is 9.38. The van der Waals surface area contributed by atoms with E-state index in [1.807, 2.05) is 68.4 Å². The number of carbonyl (C=O) groups is 2. The molecule has 150 valence electrons. The molecule has 0 heterocycles. The molecule has 6 nitrogen and oxygen atoms in total. The van der Waals surface area contributed by atoms with Gasteiger partial charge in [0.1, 0.15) is 24.5 Å². The fourth-order valence-electron chi connectivity index (χ4n) is 2.78. The van der Waals surface area contributed by atoms with E-state index in [0.29, 0.717) is 18.8 Å². The van der Waals surface area contributed by atoms with Crippen molar-refractivity contribution < 1.29 is 19.4 Å². The molecule has 0 radical (unpaired) electrons. The number of ether oxygens (including phenoxy) is 1. The first-order chi connectivity index (χ1) is 13.3. The number of hydrogen-bond acceptors (Lipinski definition) is 4. The number of aliphatic hydroxyl groups excluding tert-OH is 1. The van der Waals surface area contributed by atoms with Crippen LogP contribution in [0.1, 0.15) is 31.4 Å². The van der Waals surface area contributed by atoms with E-state index in [-0.39, 0.29) is 12.3 Å². The highest BCUT2D eigenvalue weighted by Gasteiger charge is 2.23. The molecule has 6 heteroatoms. The summed E-state index contributed by atoms with van der Waals surface area (Å²) >= 11 is 0. The number of aliphatic hydroxyl groups is 1. The summed E-state index contributed by atoms with van der Waals surface area (Å²) in [7, 11) is 0. The number of nitrogens with one attached hydrogen (secondary N) is 1. The Morgan fingerprint density at radius 1 is 1.07 bits per heavy atom. The molecule has 0 aliphatic heterocycles. The molecular formula is C22H28N2O4. The third kappa shape index (κ3) is 7.04. The zero-order valence-corrected chi connectivity index (χ0v) is 16.3.